The fourth-order valence-corrected chi connectivity index (χ4v) is 4.85. The molecule has 8 heteroatoms. The van der Waals surface area contributed by atoms with Gasteiger partial charge in [-0.1, -0.05) is 19.1 Å². The molecule has 0 bridgehead atoms. The van der Waals surface area contributed by atoms with Crippen molar-refractivity contribution in [2.45, 2.75) is 13.3 Å². The molecule has 6 nitrogen and oxygen atoms in total. The maximum absolute atomic E-state index is 11.6. The Morgan fingerprint density at radius 1 is 1.41 bits per heavy atom. The Bertz CT molecular complexity index is 989. The second-order valence-corrected chi connectivity index (χ2v) is 8.24. The Kier molecular flexibility index (Phi) is 5.27. The summed E-state index contributed by atoms with van der Waals surface area (Å²) in [7, 11) is 0. The third-order valence-electron chi connectivity index (χ3n) is 4.58. The van der Waals surface area contributed by atoms with Crippen LogP contribution < -0.4 is 10.6 Å². The summed E-state index contributed by atoms with van der Waals surface area (Å²) in [6, 6.07) is 8.41. The maximum Gasteiger partial charge on any atom is 0.317 e. The van der Waals surface area contributed by atoms with E-state index in [1.54, 1.807) is 16.2 Å². The Morgan fingerprint density at radius 3 is 3.04 bits per heavy atom. The molecule has 1 saturated heterocycles. The number of thiophene rings is 1. The standard InChI is InChI=1S/C19H20BrN5OS/c1-2-12-11-23-18(21-6-8-25-9-7-22-19(25)26)24-16(12)15-10-13-4-3-5-14(20)17(13)27-15/h3-5,10-11H,2,6-9H2,1H3,(H,22,26)(H,21,23,24). The van der Waals surface area contributed by atoms with Gasteiger partial charge in [0, 0.05) is 41.5 Å². The van der Waals surface area contributed by atoms with Crippen LogP contribution in [0.15, 0.2) is 34.9 Å². The number of nitrogens with one attached hydrogen (secondary N) is 2. The molecule has 0 saturated carbocycles. The molecule has 2 amide bonds. The van der Waals surface area contributed by atoms with Gasteiger partial charge in [-0.3, -0.25) is 0 Å². The first kappa shape index (κ1) is 18.2. The van der Waals surface area contributed by atoms with E-state index in [9.17, 15) is 4.79 Å². The zero-order valence-corrected chi connectivity index (χ0v) is 17.4. The first-order valence-corrected chi connectivity index (χ1v) is 10.6. The quantitative estimate of drug-likeness (QED) is 0.598. The van der Waals surface area contributed by atoms with E-state index in [1.807, 2.05) is 12.3 Å². The molecule has 1 fully saturated rings. The number of nitrogens with zero attached hydrogens (tertiary/aromatic N) is 3. The van der Waals surface area contributed by atoms with Crippen LogP contribution in [0.25, 0.3) is 20.7 Å². The number of carbonyl (C=O) groups is 1. The minimum Gasteiger partial charge on any atom is -0.352 e. The van der Waals surface area contributed by atoms with Crippen LogP contribution >= 0.6 is 27.3 Å². The van der Waals surface area contributed by atoms with E-state index in [2.05, 4.69) is 56.7 Å². The van der Waals surface area contributed by atoms with E-state index in [4.69, 9.17) is 4.98 Å². The first-order valence-electron chi connectivity index (χ1n) is 8.96. The van der Waals surface area contributed by atoms with Crippen LogP contribution in [0.1, 0.15) is 12.5 Å². The number of amides is 2. The smallest absolute Gasteiger partial charge is 0.317 e. The zero-order valence-electron chi connectivity index (χ0n) is 15.0. The third kappa shape index (κ3) is 3.77. The fourth-order valence-electron chi connectivity index (χ4n) is 3.14. The van der Waals surface area contributed by atoms with Crippen molar-refractivity contribution >= 4 is 49.3 Å². The number of anilines is 1. The number of hydrogen-bond acceptors (Lipinski definition) is 5. The van der Waals surface area contributed by atoms with Gasteiger partial charge in [-0.25, -0.2) is 14.8 Å². The van der Waals surface area contributed by atoms with Gasteiger partial charge in [-0.05, 0) is 45.4 Å². The minimum atomic E-state index is -0.00408. The van der Waals surface area contributed by atoms with Gasteiger partial charge in [-0.15, -0.1) is 11.3 Å². The second-order valence-electron chi connectivity index (χ2n) is 6.34. The fraction of sp³-hybridized carbons (Fsp3) is 0.316. The molecule has 0 atom stereocenters. The van der Waals surface area contributed by atoms with Crippen LogP contribution in [-0.4, -0.2) is 47.1 Å². The summed E-state index contributed by atoms with van der Waals surface area (Å²) >= 11 is 5.37. The van der Waals surface area contributed by atoms with Crippen molar-refractivity contribution in [2.75, 3.05) is 31.5 Å². The number of rotatable bonds is 6. The van der Waals surface area contributed by atoms with E-state index in [0.717, 1.165) is 33.6 Å². The molecule has 3 heterocycles. The Labute approximate surface area is 170 Å². The SMILES string of the molecule is CCc1cnc(NCCN2CCNC2=O)nc1-c1cc2cccc(Br)c2s1. The summed E-state index contributed by atoms with van der Waals surface area (Å²) in [5.74, 6) is 0.596. The molecule has 1 aliphatic rings. The van der Waals surface area contributed by atoms with E-state index >= 15 is 0 Å². The van der Waals surface area contributed by atoms with Crippen LogP contribution in [0, 0.1) is 0 Å². The molecule has 1 aliphatic heterocycles. The number of aromatic nitrogens is 2. The molecule has 0 radical (unpaired) electrons. The predicted molar refractivity (Wildman–Crippen MR) is 113 cm³/mol. The minimum absolute atomic E-state index is 0.00408. The summed E-state index contributed by atoms with van der Waals surface area (Å²) in [6.07, 6.45) is 2.77. The third-order valence-corrected chi connectivity index (χ3v) is 6.70. The molecular formula is C19H20BrN5OS. The van der Waals surface area contributed by atoms with Crippen molar-refractivity contribution in [1.29, 1.82) is 0 Å². The van der Waals surface area contributed by atoms with Crippen molar-refractivity contribution in [3.63, 3.8) is 0 Å². The average molecular weight is 446 g/mol. The number of halogens is 1. The highest BCUT2D eigenvalue weighted by Gasteiger charge is 2.18. The summed E-state index contributed by atoms with van der Waals surface area (Å²) in [4.78, 5) is 23.8. The lowest BCUT2D eigenvalue weighted by atomic mass is 10.1. The number of hydrogen-bond donors (Lipinski definition) is 2. The van der Waals surface area contributed by atoms with Crippen LogP contribution in [-0.2, 0) is 6.42 Å². The van der Waals surface area contributed by atoms with Gasteiger partial charge in [0.15, 0.2) is 0 Å². The van der Waals surface area contributed by atoms with Gasteiger partial charge in [0.05, 0.1) is 10.6 Å². The van der Waals surface area contributed by atoms with Crippen molar-refractivity contribution in [1.82, 2.24) is 20.2 Å². The molecule has 0 spiro atoms. The molecule has 3 aromatic rings. The average Bonchev–Trinajstić information content (AvgIpc) is 3.29. The van der Waals surface area contributed by atoms with Crippen LogP contribution in [0.2, 0.25) is 0 Å². The van der Waals surface area contributed by atoms with Gasteiger partial charge < -0.3 is 15.5 Å². The number of fused-ring (bicyclic) bond motifs is 1. The van der Waals surface area contributed by atoms with Crippen molar-refractivity contribution < 1.29 is 4.79 Å². The van der Waals surface area contributed by atoms with Crippen molar-refractivity contribution in [2.24, 2.45) is 0 Å². The molecule has 140 valence electrons. The Morgan fingerprint density at radius 2 is 2.30 bits per heavy atom. The van der Waals surface area contributed by atoms with Gasteiger partial charge in [0.2, 0.25) is 5.95 Å². The summed E-state index contributed by atoms with van der Waals surface area (Å²) in [5.41, 5.74) is 2.10. The van der Waals surface area contributed by atoms with E-state index in [1.165, 1.54) is 10.1 Å². The highest BCUT2D eigenvalue weighted by atomic mass is 79.9. The first-order chi connectivity index (χ1) is 13.2. The summed E-state index contributed by atoms with van der Waals surface area (Å²) < 4.78 is 2.33. The lowest BCUT2D eigenvalue weighted by molar-refractivity contribution is 0.219. The lowest BCUT2D eigenvalue weighted by Crippen LogP contribution is -2.32. The number of aryl methyl sites for hydroxylation is 1. The number of benzene rings is 1. The summed E-state index contributed by atoms with van der Waals surface area (Å²) in [5, 5.41) is 7.26. The molecule has 0 unspecified atom stereocenters. The molecule has 4 rings (SSSR count). The molecule has 0 aliphatic carbocycles. The molecule has 27 heavy (non-hydrogen) atoms. The van der Waals surface area contributed by atoms with Crippen LogP contribution in [0.4, 0.5) is 10.7 Å². The zero-order chi connectivity index (χ0) is 18.8. The Balaban J connectivity index is 1.56. The lowest BCUT2D eigenvalue weighted by Gasteiger charge is -2.14. The topological polar surface area (TPSA) is 70.2 Å². The molecule has 2 N–H and O–H groups in total. The van der Waals surface area contributed by atoms with Crippen molar-refractivity contribution in [3.8, 4) is 10.6 Å². The Hall–Kier alpha value is -2.19. The van der Waals surface area contributed by atoms with Gasteiger partial charge in [-0.2, -0.15) is 0 Å². The molecule has 2 aromatic heterocycles. The van der Waals surface area contributed by atoms with E-state index in [0.29, 0.717) is 25.6 Å². The highest BCUT2D eigenvalue weighted by molar-refractivity contribution is 9.10. The summed E-state index contributed by atoms with van der Waals surface area (Å²) in [6.45, 7) is 4.83. The number of urea groups is 1. The monoisotopic (exact) mass is 445 g/mol. The normalized spacial score (nSPS) is 14.0. The highest BCUT2D eigenvalue weighted by Crippen LogP contribution is 2.38. The van der Waals surface area contributed by atoms with E-state index < -0.39 is 0 Å². The van der Waals surface area contributed by atoms with Crippen LogP contribution in [0.5, 0.6) is 0 Å². The van der Waals surface area contributed by atoms with Crippen molar-refractivity contribution in [3.05, 3.63) is 40.5 Å². The van der Waals surface area contributed by atoms with Gasteiger partial charge >= 0.3 is 6.03 Å². The molecular weight excluding hydrogens is 426 g/mol. The van der Waals surface area contributed by atoms with Crippen LogP contribution in [0.3, 0.4) is 0 Å². The molecule has 1 aromatic carbocycles. The largest absolute Gasteiger partial charge is 0.352 e. The van der Waals surface area contributed by atoms with Gasteiger partial charge in [0.1, 0.15) is 0 Å². The second kappa shape index (κ2) is 7.82. The maximum atomic E-state index is 11.6. The van der Waals surface area contributed by atoms with E-state index in [-0.39, 0.29) is 6.03 Å². The number of carbonyl (C=O) groups excluding carboxylic acids is 1. The van der Waals surface area contributed by atoms with Gasteiger partial charge in [0.25, 0.3) is 0 Å². The predicted octanol–water partition coefficient (Wildman–Crippen LogP) is 4.12.